The monoisotopic (exact) mass is 314 g/mol. The summed E-state index contributed by atoms with van der Waals surface area (Å²) >= 11 is 0. The fraction of sp³-hybridized carbons (Fsp3) is 0.308. The zero-order valence-electron chi connectivity index (χ0n) is 11.6. The quantitative estimate of drug-likeness (QED) is 0.371. The Morgan fingerprint density at radius 2 is 2.14 bits per heavy atom. The van der Waals surface area contributed by atoms with Crippen LogP contribution in [-0.4, -0.2) is 39.3 Å². The van der Waals surface area contributed by atoms with Gasteiger partial charge in [-0.2, -0.15) is 0 Å². The summed E-state index contributed by atoms with van der Waals surface area (Å²) in [5, 5.41) is 9.02. The molecule has 0 amide bonds. The molecule has 1 aromatic carbocycles. The molecule has 0 radical (unpaired) electrons. The number of nitrogen functional groups attached to an aromatic ring is 1. The van der Waals surface area contributed by atoms with E-state index in [-0.39, 0.29) is 29.3 Å². The second-order valence-electron chi connectivity index (χ2n) is 4.47. The summed E-state index contributed by atoms with van der Waals surface area (Å²) in [5.41, 5.74) is 6.17. The molecule has 0 unspecified atom stereocenters. The Morgan fingerprint density at radius 1 is 1.48 bits per heavy atom. The van der Waals surface area contributed by atoms with Crippen molar-refractivity contribution in [2.45, 2.75) is 11.8 Å². The molecule has 0 atom stereocenters. The maximum Gasteiger partial charge on any atom is 0.337 e. The zero-order valence-corrected chi connectivity index (χ0v) is 12.4. The third kappa shape index (κ3) is 5.18. The van der Waals surface area contributed by atoms with Crippen molar-refractivity contribution in [3.8, 4) is 0 Å². The molecule has 0 aliphatic heterocycles. The maximum atomic E-state index is 12.1. The molecule has 21 heavy (non-hydrogen) atoms. The fourth-order valence-corrected chi connectivity index (χ4v) is 2.75. The molecule has 0 aromatic heterocycles. The van der Waals surface area contributed by atoms with E-state index in [9.17, 15) is 13.2 Å². The van der Waals surface area contributed by atoms with E-state index < -0.39 is 16.0 Å². The van der Waals surface area contributed by atoms with Crippen molar-refractivity contribution >= 4 is 21.7 Å². The first kappa shape index (κ1) is 17.2. The lowest BCUT2D eigenvalue weighted by Crippen LogP contribution is -2.29. The average Bonchev–Trinajstić information content (AvgIpc) is 2.37. The summed E-state index contributed by atoms with van der Waals surface area (Å²) in [6, 6.07) is 3.60. The van der Waals surface area contributed by atoms with Crippen LogP contribution in [0.15, 0.2) is 35.2 Å². The molecule has 116 valence electrons. The first-order valence-electron chi connectivity index (χ1n) is 6.08. The van der Waals surface area contributed by atoms with Gasteiger partial charge in [0.25, 0.3) is 0 Å². The van der Waals surface area contributed by atoms with E-state index in [1.165, 1.54) is 6.07 Å². The Kier molecular flexibility index (Phi) is 5.89. The van der Waals surface area contributed by atoms with E-state index in [1.807, 2.05) is 0 Å². The third-order valence-electron chi connectivity index (χ3n) is 2.41. The molecule has 4 N–H and O–H groups in total. The second kappa shape index (κ2) is 7.21. The van der Waals surface area contributed by atoms with Gasteiger partial charge in [0, 0.05) is 12.2 Å². The van der Waals surface area contributed by atoms with E-state index in [0.717, 1.165) is 17.7 Å². The van der Waals surface area contributed by atoms with Crippen LogP contribution >= 0.6 is 0 Å². The molecule has 0 aliphatic carbocycles. The number of sulfonamides is 1. The highest BCUT2D eigenvalue weighted by molar-refractivity contribution is 7.89. The molecule has 8 heteroatoms. The Balaban J connectivity index is 2.81. The molecule has 1 rings (SSSR count). The van der Waals surface area contributed by atoms with Crippen LogP contribution in [0, 0.1) is 0 Å². The van der Waals surface area contributed by atoms with Gasteiger partial charge in [-0.15, -0.1) is 0 Å². The van der Waals surface area contributed by atoms with Gasteiger partial charge in [0.2, 0.25) is 10.0 Å². The highest BCUT2D eigenvalue weighted by Gasteiger charge is 2.22. The molecular formula is C13H18N2O5S. The molecule has 0 aliphatic rings. The molecule has 7 nitrogen and oxygen atoms in total. The Labute approximate surface area is 123 Å². The minimum atomic E-state index is -3.97. The number of nitrogens with one attached hydrogen (secondary N) is 1. The number of ether oxygens (including phenoxy) is 1. The summed E-state index contributed by atoms with van der Waals surface area (Å²) in [4.78, 5) is 10.7. The highest BCUT2D eigenvalue weighted by atomic mass is 32.2. The number of benzene rings is 1. The van der Waals surface area contributed by atoms with Gasteiger partial charge in [-0.05, 0) is 25.1 Å². The number of hydrogen-bond donors (Lipinski definition) is 3. The normalized spacial score (nSPS) is 11.3. The van der Waals surface area contributed by atoms with Crippen molar-refractivity contribution in [3.05, 3.63) is 35.9 Å². The SMILES string of the molecule is C=C(C)COCCNS(=O)(=O)c1cc(N)ccc1C(=O)O. The van der Waals surface area contributed by atoms with Gasteiger partial charge in [0.05, 0.1) is 23.7 Å². The number of hydrogen-bond acceptors (Lipinski definition) is 5. The summed E-state index contributed by atoms with van der Waals surface area (Å²) in [7, 11) is -3.97. The predicted octanol–water partition coefficient (Wildman–Crippen LogP) is 0.838. The Morgan fingerprint density at radius 3 is 2.71 bits per heavy atom. The summed E-state index contributed by atoms with van der Waals surface area (Å²) in [6.45, 7) is 5.94. The lowest BCUT2D eigenvalue weighted by molar-refractivity contribution is 0.0692. The minimum absolute atomic E-state index is 0.0173. The Hall–Kier alpha value is -1.90. The molecule has 0 heterocycles. The van der Waals surface area contributed by atoms with Crippen LogP contribution in [0.1, 0.15) is 17.3 Å². The number of aromatic carboxylic acids is 1. The van der Waals surface area contributed by atoms with E-state index in [2.05, 4.69) is 11.3 Å². The average molecular weight is 314 g/mol. The summed E-state index contributed by atoms with van der Waals surface area (Å²) in [5.74, 6) is -1.34. The van der Waals surface area contributed by atoms with Crippen LogP contribution in [0.25, 0.3) is 0 Å². The minimum Gasteiger partial charge on any atom is -0.478 e. The predicted molar refractivity (Wildman–Crippen MR) is 78.6 cm³/mol. The van der Waals surface area contributed by atoms with Crippen molar-refractivity contribution < 1.29 is 23.1 Å². The van der Waals surface area contributed by atoms with E-state index >= 15 is 0 Å². The number of nitrogens with two attached hydrogens (primary N) is 1. The first-order valence-corrected chi connectivity index (χ1v) is 7.57. The van der Waals surface area contributed by atoms with Gasteiger partial charge in [-0.25, -0.2) is 17.9 Å². The van der Waals surface area contributed by atoms with Crippen LogP contribution in [0.4, 0.5) is 5.69 Å². The lowest BCUT2D eigenvalue weighted by Gasteiger charge is -2.10. The Bertz CT molecular complexity index is 640. The molecular weight excluding hydrogens is 296 g/mol. The zero-order chi connectivity index (χ0) is 16.0. The lowest BCUT2D eigenvalue weighted by atomic mass is 10.2. The number of rotatable bonds is 8. The van der Waals surface area contributed by atoms with Gasteiger partial charge < -0.3 is 15.6 Å². The second-order valence-corrected chi connectivity index (χ2v) is 6.20. The topological polar surface area (TPSA) is 119 Å². The maximum absolute atomic E-state index is 12.1. The van der Waals surface area contributed by atoms with Crippen LogP contribution in [0.5, 0.6) is 0 Å². The largest absolute Gasteiger partial charge is 0.478 e. The van der Waals surface area contributed by atoms with Crippen molar-refractivity contribution in [1.82, 2.24) is 4.72 Å². The van der Waals surface area contributed by atoms with Gasteiger partial charge in [-0.3, -0.25) is 0 Å². The van der Waals surface area contributed by atoms with Crippen molar-refractivity contribution in [2.24, 2.45) is 0 Å². The van der Waals surface area contributed by atoms with Gasteiger partial charge in [-0.1, -0.05) is 12.2 Å². The summed E-state index contributed by atoms with van der Waals surface area (Å²) < 4.78 is 31.6. The number of carbonyl (C=O) groups is 1. The number of carboxylic acid groups (broad SMARTS) is 1. The van der Waals surface area contributed by atoms with Gasteiger partial charge in [0.15, 0.2) is 0 Å². The molecule has 1 aromatic rings. The first-order chi connectivity index (χ1) is 9.74. The molecule has 0 saturated carbocycles. The van der Waals surface area contributed by atoms with Gasteiger partial charge in [0.1, 0.15) is 0 Å². The van der Waals surface area contributed by atoms with Gasteiger partial charge >= 0.3 is 5.97 Å². The standard InChI is InChI=1S/C13H18N2O5S/c1-9(2)8-20-6-5-15-21(18,19)12-7-10(14)3-4-11(12)13(16)17/h3-4,7,15H,1,5-6,8,14H2,2H3,(H,16,17). The smallest absolute Gasteiger partial charge is 0.337 e. The van der Waals surface area contributed by atoms with E-state index in [1.54, 1.807) is 6.92 Å². The van der Waals surface area contributed by atoms with Crippen LogP contribution < -0.4 is 10.5 Å². The van der Waals surface area contributed by atoms with Crippen molar-refractivity contribution in [1.29, 1.82) is 0 Å². The van der Waals surface area contributed by atoms with Crippen LogP contribution in [-0.2, 0) is 14.8 Å². The van der Waals surface area contributed by atoms with E-state index in [4.69, 9.17) is 15.6 Å². The number of carboxylic acids is 1. The highest BCUT2D eigenvalue weighted by Crippen LogP contribution is 2.19. The molecule has 0 bridgehead atoms. The van der Waals surface area contributed by atoms with Crippen molar-refractivity contribution in [3.63, 3.8) is 0 Å². The molecule has 0 saturated heterocycles. The fourth-order valence-electron chi connectivity index (χ4n) is 1.51. The molecule has 0 spiro atoms. The summed E-state index contributed by atoms with van der Waals surface area (Å²) in [6.07, 6.45) is 0. The van der Waals surface area contributed by atoms with Crippen molar-refractivity contribution in [2.75, 3.05) is 25.5 Å². The molecule has 0 fully saturated rings. The third-order valence-corrected chi connectivity index (χ3v) is 3.91. The number of anilines is 1. The van der Waals surface area contributed by atoms with E-state index in [0.29, 0.717) is 6.61 Å². The van der Waals surface area contributed by atoms with Crippen LogP contribution in [0.2, 0.25) is 0 Å². The van der Waals surface area contributed by atoms with Crippen LogP contribution in [0.3, 0.4) is 0 Å².